The number of methoxy groups -OCH3 is 1. The number of likely N-dealkylation sites (N-methyl/N-ethyl adjacent to an activating group) is 1. The Kier molecular flexibility index (Phi) is 11.9. The van der Waals surface area contributed by atoms with Crippen LogP contribution in [0.2, 0.25) is 5.02 Å². The fourth-order valence-electron chi connectivity index (χ4n) is 4.57. The van der Waals surface area contributed by atoms with E-state index in [9.17, 15) is 9.59 Å². The third-order valence-electron chi connectivity index (χ3n) is 7.41. The van der Waals surface area contributed by atoms with Crippen LogP contribution >= 0.6 is 24.0 Å². The van der Waals surface area contributed by atoms with Gasteiger partial charge in [0.15, 0.2) is 6.29 Å². The molecule has 1 aromatic carbocycles. The summed E-state index contributed by atoms with van der Waals surface area (Å²) < 4.78 is 11.3. The smallest absolute Gasteiger partial charge is 0.325 e. The van der Waals surface area contributed by atoms with Crippen molar-refractivity contribution < 1.29 is 19.1 Å². The quantitative estimate of drug-likeness (QED) is 0.168. The number of halogens is 2. The fraction of sp³-hybridized carbons (Fsp3) is 0.536. The van der Waals surface area contributed by atoms with Gasteiger partial charge < -0.3 is 14.9 Å². The van der Waals surface area contributed by atoms with Crippen molar-refractivity contribution in [1.82, 2.24) is 4.90 Å². The number of allylic oxidation sites excluding steroid dienone is 4. The largest absolute Gasteiger partial charge is 0.495 e. The predicted molar refractivity (Wildman–Crippen MR) is 150 cm³/mol. The van der Waals surface area contributed by atoms with Crippen molar-refractivity contribution in [3.8, 4) is 11.5 Å². The van der Waals surface area contributed by atoms with Crippen molar-refractivity contribution in [2.24, 2.45) is 17.3 Å². The van der Waals surface area contributed by atoms with Crippen LogP contribution in [0.3, 0.4) is 0 Å². The van der Waals surface area contributed by atoms with E-state index in [0.717, 1.165) is 24.1 Å². The minimum Gasteiger partial charge on any atom is -0.495 e. The predicted octanol–water partition coefficient (Wildman–Crippen LogP) is 6.50. The van der Waals surface area contributed by atoms with Gasteiger partial charge >= 0.3 is 5.97 Å². The van der Waals surface area contributed by atoms with Gasteiger partial charge in [-0.25, -0.2) is 0 Å². The molecule has 1 N–H and O–H groups in total. The molecule has 0 unspecified atom stereocenters. The average molecular weight is 540 g/mol. The van der Waals surface area contributed by atoms with Crippen LogP contribution in [-0.4, -0.2) is 50.6 Å². The Hall–Kier alpha value is -2.15. The Morgan fingerprint density at radius 1 is 1.28 bits per heavy atom. The lowest BCUT2D eigenvalue weighted by Gasteiger charge is -2.43. The zero-order valence-electron chi connectivity index (χ0n) is 22.7. The number of ether oxygens (including phenoxy) is 2. The molecule has 8 heteroatoms. The number of nitrogens with one attached hydrogen (secondary N) is 1. The minimum absolute atomic E-state index is 0. The normalized spacial score (nSPS) is 22.5. The molecule has 0 radical (unpaired) electrons. The molecule has 1 fully saturated rings. The molecule has 1 aromatic rings. The number of hydrogen-bond donors (Lipinski definition) is 1. The summed E-state index contributed by atoms with van der Waals surface area (Å²) in [7, 11) is 5.05. The fourth-order valence-corrected chi connectivity index (χ4v) is 4.86. The lowest BCUT2D eigenvalue weighted by atomic mass is 9.61. The Morgan fingerprint density at radius 3 is 2.47 bits per heavy atom. The molecule has 6 nitrogen and oxygen atoms in total. The van der Waals surface area contributed by atoms with Crippen molar-refractivity contribution in [2.45, 2.75) is 53.9 Å². The molecule has 1 saturated carbocycles. The van der Waals surface area contributed by atoms with Gasteiger partial charge in [0, 0.05) is 17.2 Å². The van der Waals surface area contributed by atoms with E-state index in [1.54, 1.807) is 25.9 Å². The van der Waals surface area contributed by atoms with Crippen LogP contribution in [0.15, 0.2) is 23.8 Å². The number of esters is 1. The summed E-state index contributed by atoms with van der Waals surface area (Å²) in [5.41, 5.74) is 3.03. The summed E-state index contributed by atoms with van der Waals surface area (Å²) in [4.78, 5) is 26.1. The van der Waals surface area contributed by atoms with Crippen LogP contribution in [0, 0.1) is 29.6 Å². The monoisotopic (exact) mass is 538 g/mol. The van der Waals surface area contributed by atoms with Crippen molar-refractivity contribution in [2.75, 3.05) is 27.7 Å². The molecule has 0 bridgehead atoms. The van der Waals surface area contributed by atoms with Crippen LogP contribution < -0.4 is 9.47 Å². The molecular weight excluding hydrogens is 499 g/mol. The van der Waals surface area contributed by atoms with E-state index in [0.29, 0.717) is 40.5 Å². The van der Waals surface area contributed by atoms with E-state index in [4.69, 9.17) is 26.5 Å². The van der Waals surface area contributed by atoms with Gasteiger partial charge in [0.25, 0.3) is 0 Å². The standard InChI is InChI=1S/C28H39ClN2O4.ClH/c1-17(13-14-28(5)18(2)10-12-23(30)20(28)4)9-11-21-26(35-24(33)15-31(6)7)22(16-32)19(3)25(29)27(21)34-8;/h9,13-14,16,18,20,30H,10-12,15H2,1-8H3;1H/b14-13+,17-9+,30-23?;/t18-,20+,28+;/m1./s1. The Bertz CT molecular complexity index is 1050. The first-order valence-electron chi connectivity index (χ1n) is 12.0. The Morgan fingerprint density at radius 2 is 1.92 bits per heavy atom. The zero-order chi connectivity index (χ0) is 26.5. The molecule has 0 spiro atoms. The summed E-state index contributed by atoms with van der Waals surface area (Å²) >= 11 is 6.53. The number of hydrogen-bond acceptors (Lipinski definition) is 6. The second kappa shape index (κ2) is 13.4. The van der Waals surface area contributed by atoms with Crippen LogP contribution in [0.4, 0.5) is 0 Å². The average Bonchev–Trinajstić information content (AvgIpc) is 2.80. The van der Waals surface area contributed by atoms with Crippen molar-refractivity contribution in [3.05, 3.63) is 45.5 Å². The van der Waals surface area contributed by atoms with Crippen molar-refractivity contribution in [3.63, 3.8) is 0 Å². The molecule has 0 aromatic heterocycles. The number of aldehydes is 1. The van der Waals surface area contributed by atoms with Gasteiger partial charge in [-0.1, -0.05) is 56.2 Å². The maximum absolute atomic E-state index is 12.5. The van der Waals surface area contributed by atoms with E-state index in [1.807, 2.05) is 13.0 Å². The molecule has 2 rings (SSSR count). The highest BCUT2D eigenvalue weighted by molar-refractivity contribution is 6.33. The molecule has 0 aliphatic heterocycles. The second-order valence-corrected chi connectivity index (χ2v) is 10.4. The first-order valence-corrected chi connectivity index (χ1v) is 12.4. The van der Waals surface area contributed by atoms with Gasteiger partial charge in [-0.05, 0) is 64.1 Å². The highest BCUT2D eigenvalue weighted by Crippen LogP contribution is 2.45. The summed E-state index contributed by atoms with van der Waals surface area (Å²) in [6.45, 7) is 10.4. The summed E-state index contributed by atoms with van der Waals surface area (Å²) in [5, 5.41) is 8.64. The van der Waals surface area contributed by atoms with E-state index in [1.165, 1.54) is 7.11 Å². The number of carbonyl (C=O) groups is 2. The zero-order valence-corrected chi connectivity index (χ0v) is 24.2. The summed E-state index contributed by atoms with van der Waals surface area (Å²) in [6.07, 6.45) is 9.22. The first kappa shape index (κ1) is 31.9. The molecule has 1 aliphatic carbocycles. The highest BCUT2D eigenvalue weighted by Gasteiger charge is 2.39. The van der Waals surface area contributed by atoms with Crippen LogP contribution in [0.25, 0.3) is 0 Å². The number of rotatable bonds is 9. The Balaban J connectivity index is 0.00000648. The molecule has 0 saturated heterocycles. The molecular formula is C28H40Cl2N2O4. The minimum atomic E-state index is -0.473. The maximum Gasteiger partial charge on any atom is 0.325 e. The summed E-state index contributed by atoms with van der Waals surface area (Å²) in [5.74, 6) is 0.770. The second-order valence-electron chi connectivity index (χ2n) is 10.1. The molecule has 1 aliphatic rings. The molecule has 0 amide bonds. The van der Waals surface area contributed by atoms with Crippen molar-refractivity contribution in [1.29, 1.82) is 5.41 Å². The van der Waals surface area contributed by atoms with E-state index < -0.39 is 5.97 Å². The van der Waals surface area contributed by atoms with E-state index >= 15 is 0 Å². The molecule has 3 atom stereocenters. The van der Waals surface area contributed by atoms with E-state index in [2.05, 4.69) is 32.9 Å². The molecule has 0 heterocycles. The highest BCUT2D eigenvalue weighted by atomic mass is 35.5. The van der Waals surface area contributed by atoms with Gasteiger partial charge in [-0.3, -0.25) is 14.5 Å². The van der Waals surface area contributed by atoms with Gasteiger partial charge in [-0.15, -0.1) is 12.4 Å². The lowest BCUT2D eigenvalue weighted by Crippen LogP contribution is -2.39. The lowest BCUT2D eigenvalue weighted by molar-refractivity contribution is -0.135. The summed E-state index contributed by atoms with van der Waals surface area (Å²) in [6, 6.07) is 0. The number of benzene rings is 1. The third-order valence-corrected chi connectivity index (χ3v) is 7.86. The van der Waals surface area contributed by atoms with Crippen LogP contribution in [0.5, 0.6) is 11.5 Å². The maximum atomic E-state index is 12.5. The molecule has 36 heavy (non-hydrogen) atoms. The topological polar surface area (TPSA) is 79.7 Å². The van der Waals surface area contributed by atoms with Gasteiger partial charge in [0.1, 0.15) is 11.5 Å². The molecule has 200 valence electrons. The van der Waals surface area contributed by atoms with Gasteiger partial charge in [0.2, 0.25) is 0 Å². The van der Waals surface area contributed by atoms with Crippen LogP contribution in [-0.2, 0) is 11.2 Å². The Labute approximate surface area is 227 Å². The number of nitrogens with zero attached hydrogens (tertiary/aromatic N) is 1. The number of carbonyl (C=O) groups excluding carboxylic acids is 2. The van der Waals surface area contributed by atoms with Crippen molar-refractivity contribution >= 4 is 42.0 Å². The van der Waals surface area contributed by atoms with Gasteiger partial charge in [-0.2, -0.15) is 0 Å². The van der Waals surface area contributed by atoms with Gasteiger partial charge in [0.05, 0.1) is 24.2 Å². The first-order chi connectivity index (χ1) is 16.4. The van der Waals surface area contributed by atoms with E-state index in [-0.39, 0.29) is 41.6 Å². The SMILES string of the molecule is COc1c(Cl)c(C)c(C=O)c(OC(=O)CN(C)C)c1C/C=C(C)/C=C/[C@@]1(C)[C@H](C)CCC(=N)[C@@H]1C.Cl. The third kappa shape index (κ3) is 6.99. The van der Waals surface area contributed by atoms with Crippen LogP contribution in [0.1, 0.15) is 62.0 Å².